The molecule has 2 nitrogen and oxygen atoms in total. The van der Waals surface area contributed by atoms with Gasteiger partial charge in [0.2, 0.25) is 0 Å². The summed E-state index contributed by atoms with van der Waals surface area (Å²) in [6.07, 6.45) is 3.60. The molecule has 1 aromatic carbocycles. The minimum Gasteiger partial charge on any atom is -0.264 e. The summed E-state index contributed by atoms with van der Waals surface area (Å²) >= 11 is 0. The predicted molar refractivity (Wildman–Crippen MR) is 123 cm³/mol. The Kier molecular flexibility index (Phi) is 12.8. The number of rotatable bonds is 2. The number of nitrogens with zero attached hydrogens (tertiary/aromatic N) is 2. The summed E-state index contributed by atoms with van der Waals surface area (Å²) in [7, 11) is 0. The molecule has 2 heterocycles. The molecule has 0 unspecified atom stereocenters. The number of hydrogen-bond acceptors (Lipinski definition) is 1. The number of aromatic nitrogens is 2. The van der Waals surface area contributed by atoms with E-state index < -0.39 is 0 Å². The van der Waals surface area contributed by atoms with Crippen molar-refractivity contribution in [1.29, 1.82) is 0 Å². The SMILES string of the molecule is CC.CC(C)c1ccc2c(c1)-c1cc(C(C)C)nn1CC2.CCC.CCC. The quantitative estimate of drug-likeness (QED) is 0.519. The van der Waals surface area contributed by atoms with Crippen molar-refractivity contribution < 1.29 is 0 Å². The molecule has 1 aromatic heterocycles. The molecule has 0 atom stereocenters. The molecular formula is C25H44N2. The smallest absolute Gasteiger partial charge is 0.0688 e. The van der Waals surface area contributed by atoms with Gasteiger partial charge in [-0.2, -0.15) is 5.10 Å². The third kappa shape index (κ3) is 7.52. The van der Waals surface area contributed by atoms with Gasteiger partial charge < -0.3 is 0 Å². The van der Waals surface area contributed by atoms with Crippen molar-refractivity contribution in [2.75, 3.05) is 0 Å². The Labute approximate surface area is 169 Å². The van der Waals surface area contributed by atoms with E-state index in [-0.39, 0.29) is 0 Å². The van der Waals surface area contributed by atoms with Crippen molar-refractivity contribution in [3.8, 4) is 11.3 Å². The zero-order chi connectivity index (χ0) is 21.0. The summed E-state index contributed by atoms with van der Waals surface area (Å²) in [5.74, 6) is 1.07. The van der Waals surface area contributed by atoms with Gasteiger partial charge in [0.05, 0.1) is 11.4 Å². The summed E-state index contributed by atoms with van der Waals surface area (Å²) in [6.45, 7) is 22.4. The maximum absolute atomic E-state index is 4.74. The highest BCUT2D eigenvalue weighted by molar-refractivity contribution is 5.67. The Bertz CT molecular complexity index is 634. The van der Waals surface area contributed by atoms with E-state index in [1.54, 1.807) is 0 Å². The van der Waals surface area contributed by atoms with Crippen LogP contribution in [-0.2, 0) is 13.0 Å². The molecular weight excluding hydrogens is 328 g/mol. The highest BCUT2D eigenvalue weighted by Crippen LogP contribution is 2.33. The Morgan fingerprint density at radius 3 is 1.93 bits per heavy atom. The third-order valence-electron chi connectivity index (χ3n) is 4.06. The van der Waals surface area contributed by atoms with Gasteiger partial charge in [0.15, 0.2) is 0 Å². The molecule has 0 spiro atoms. The number of hydrogen-bond donors (Lipinski definition) is 0. The first-order valence-corrected chi connectivity index (χ1v) is 11.1. The molecule has 1 aliphatic rings. The second-order valence-electron chi connectivity index (χ2n) is 7.57. The van der Waals surface area contributed by atoms with Gasteiger partial charge in [-0.3, -0.25) is 4.68 Å². The van der Waals surface area contributed by atoms with Crippen LogP contribution in [0.1, 0.15) is 111 Å². The Hall–Kier alpha value is -1.57. The zero-order valence-corrected chi connectivity index (χ0v) is 19.7. The van der Waals surface area contributed by atoms with Gasteiger partial charge in [-0.25, -0.2) is 0 Å². The molecule has 0 N–H and O–H groups in total. The number of fused-ring (bicyclic) bond motifs is 3. The Morgan fingerprint density at radius 1 is 0.889 bits per heavy atom. The highest BCUT2D eigenvalue weighted by atomic mass is 15.3. The molecule has 2 heteroatoms. The van der Waals surface area contributed by atoms with Crippen molar-refractivity contribution >= 4 is 0 Å². The van der Waals surface area contributed by atoms with Crippen LogP contribution in [0, 0.1) is 0 Å². The van der Waals surface area contributed by atoms with Crippen LogP contribution in [0.3, 0.4) is 0 Å². The first kappa shape index (κ1) is 25.4. The zero-order valence-electron chi connectivity index (χ0n) is 19.7. The maximum atomic E-state index is 4.74. The number of benzene rings is 1. The number of aryl methyl sites for hydroxylation is 2. The topological polar surface area (TPSA) is 17.8 Å². The molecule has 0 radical (unpaired) electrons. The minimum absolute atomic E-state index is 0.495. The van der Waals surface area contributed by atoms with Gasteiger partial charge in [-0.05, 0) is 41.5 Å². The lowest BCUT2D eigenvalue weighted by atomic mass is 9.92. The maximum Gasteiger partial charge on any atom is 0.0688 e. The first-order valence-electron chi connectivity index (χ1n) is 11.1. The van der Waals surface area contributed by atoms with Crippen molar-refractivity contribution in [2.45, 2.75) is 107 Å². The van der Waals surface area contributed by atoms with Crippen molar-refractivity contribution in [1.82, 2.24) is 9.78 Å². The van der Waals surface area contributed by atoms with E-state index in [2.05, 4.69) is 84.3 Å². The molecule has 0 saturated carbocycles. The van der Waals surface area contributed by atoms with Gasteiger partial charge in [-0.1, -0.05) is 94.2 Å². The van der Waals surface area contributed by atoms with Gasteiger partial charge in [0.25, 0.3) is 0 Å². The van der Waals surface area contributed by atoms with Crippen LogP contribution in [-0.4, -0.2) is 9.78 Å². The van der Waals surface area contributed by atoms with E-state index in [4.69, 9.17) is 5.10 Å². The fourth-order valence-electron chi connectivity index (χ4n) is 2.74. The monoisotopic (exact) mass is 372 g/mol. The van der Waals surface area contributed by atoms with E-state index in [0.29, 0.717) is 11.8 Å². The van der Waals surface area contributed by atoms with Crippen molar-refractivity contribution in [2.24, 2.45) is 0 Å². The van der Waals surface area contributed by atoms with Gasteiger partial charge in [-0.15, -0.1) is 0 Å². The minimum atomic E-state index is 0.495. The summed E-state index contributed by atoms with van der Waals surface area (Å²) in [5.41, 5.74) is 6.77. The van der Waals surface area contributed by atoms with E-state index in [1.807, 2.05) is 13.8 Å². The van der Waals surface area contributed by atoms with Crippen LogP contribution in [0.15, 0.2) is 24.3 Å². The van der Waals surface area contributed by atoms with E-state index in [0.717, 1.165) is 13.0 Å². The van der Waals surface area contributed by atoms with E-state index in [1.165, 1.54) is 40.9 Å². The van der Waals surface area contributed by atoms with Gasteiger partial charge in [0, 0.05) is 12.1 Å². The summed E-state index contributed by atoms with van der Waals surface area (Å²) in [6, 6.07) is 9.21. The van der Waals surface area contributed by atoms with Crippen LogP contribution >= 0.6 is 0 Å². The lowest BCUT2D eigenvalue weighted by Crippen LogP contribution is -2.12. The average Bonchev–Trinajstić information content (AvgIpc) is 3.09. The highest BCUT2D eigenvalue weighted by Gasteiger charge is 2.20. The molecule has 0 fully saturated rings. The van der Waals surface area contributed by atoms with E-state index >= 15 is 0 Å². The summed E-state index contributed by atoms with van der Waals surface area (Å²) < 4.78 is 2.18. The molecule has 1 aliphatic heterocycles. The standard InChI is InChI=1S/C17H22N2.2C3H8.C2H6/c1-11(2)14-6-5-13-7-8-19-17(15(13)9-14)10-16(18-19)12(3)4;2*1-3-2;1-2/h5-6,9-12H,7-8H2,1-4H3;2*3H2,1-2H3;1-2H3. The van der Waals surface area contributed by atoms with Gasteiger partial charge in [0.1, 0.15) is 0 Å². The van der Waals surface area contributed by atoms with Crippen molar-refractivity contribution in [3.63, 3.8) is 0 Å². The Morgan fingerprint density at radius 2 is 1.44 bits per heavy atom. The Balaban J connectivity index is 0.000000736. The normalized spacial score (nSPS) is 11.3. The van der Waals surface area contributed by atoms with Crippen LogP contribution < -0.4 is 0 Å². The largest absolute Gasteiger partial charge is 0.264 e. The van der Waals surface area contributed by atoms with Crippen LogP contribution in [0.25, 0.3) is 11.3 Å². The van der Waals surface area contributed by atoms with Gasteiger partial charge >= 0.3 is 0 Å². The average molecular weight is 373 g/mol. The lowest BCUT2D eigenvalue weighted by Gasteiger charge is -2.19. The summed E-state index contributed by atoms with van der Waals surface area (Å²) in [4.78, 5) is 0. The second kappa shape index (κ2) is 13.6. The molecule has 154 valence electrons. The van der Waals surface area contributed by atoms with Crippen LogP contribution in [0.5, 0.6) is 0 Å². The first-order chi connectivity index (χ1) is 12.9. The molecule has 0 amide bonds. The fraction of sp³-hybridized carbons (Fsp3) is 0.640. The fourth-order valence-corrected chi connectivity index (χ4v) is 2.74. The molecule has 0 aliphatic carbocycles. The van der Waals surface area contributed by atoms with Crippen LogP contribution in [0.4, 0.5) is 0 Å². The second-order valence-corrected chi connectivity index (χ2v) is 7.57. The molecule has 27 heavy (non-hydrogen) atoms. The van der Waals surface area contributed by atoms with Crippen LogP contribution in [0.2, 0.25) is 0 Å². The summed E-state index contributed by atoms with van der Waals surface area (Å²) in [5, 5.41) is 4.74. The predicted octanol–water partition coefficient (Wildman–Crippen LogP) is 8.21. The molecule has 0 saturated heterocycles. The molecule has 2 aromatic rings. The molecule has 3 rings (SSSR count). The third-order valence-corrected chi connectivity index (χ3v) is 4.06. The van der Waals surface area contributed by atoms with E-state index in [9.17, 15) is 0 Å². The lowest BCUT2D eigenvalue weighted by molar-refractivity contribution is 0.591. The van der Waals surface area contributed by atoms with Crippen molar-refractivity contribution in [3.05, 3.63) is 41.1 Å². The molecule has 0 bridgehead atoms.